The van der Waals surface area contributed by atoms with E-state index in [0.717, 1.165) is 5.56 Å². The molecule has 154 valence electrons. The zero-order chi connectivity index (χ0) is 21.3. The van der Waals surface area contributed by atoms with Crippen LogP contribution in [0, 0.1) is 12.3 Å². The largest absolute Gasteiger partial charge is 0.467 e. The number of furan rings is 1. The van der Waals surface area contributed by atoms with Gasteiger partial charge in [0, 0.05) is 19.9 Å². The summed E-state index contributed by atoms with van der Waals surface area (Å²) in [6.07, 6.45) is 3.17. The van der Waals surface area contributed by atoms with Crippen LogP contribution in [0.15, 0.2) is 52.0 Å². The van der Waals surface area contributed by atoms with Crippen molar-refractivity contribution < 1.29 is 13.9 Å². The first-order chi connectivity index (χ1) is 14.5. The maximum Gasteiger partial charge on any atom is 0.267 e. The quantitative estimate of drug-likeness (QED) is 0.371. The normalized spacial score (nSPS) is 11.3. The lowest BCUT2D eigenvalue weighted by molar-refractivity contribution is 0.0934. The third-order valence-corrected chi connectivity index (χ3v) is 4.86. The van der Waals surface area contributed by atoms with E-state index < -0.39 is 5.91 Å². The molecule has 4 heterocycles. The molecule has 9 heteroatoms. The number of nitrogens with one attached hydrogen (secondary N) is 2. The van der Waals surface area contributed by atoms with E-state index in [1.807, 2.05) is 13.0 Å². The molecule has 0 unspecified atom stereocenters. The average Bonchev–Trinajstić information content (AvgIpc) is 3.24. The molecule has 0 aliphatic carbocycles. The standard InChI is InChI=1S/C21H21N5O4/c1-13-5-3-8-25-18(13)24-19-16(21(25)28)11-15(20(27)23-7-10-29-2)17(22)26(19)12-14-6-4-9-30-14/h3-6,8-9,11,22H,7,10,12H2,1-2H3,(H,23,27). The number of methoxy groups -OCH3 is 1. The van der Waals surface area contributed by atoms with Crippen LogP contribution >= 0.6 is 0 Å². The average molecular weight is 407 g/mol. The summed E-state index contributed by atoms with van der Waals surface area (Å²) in [6.45, 7) is 2.66. The van der Waals surface area contributed by atoms with Crippen LogP contribution in [0.3, 0.4) is 0 Å². The fourth-order valence-electron chi connectivity index (χ4n) is 3.34. The summed E-state index contributed by atoms with van der Waals surface area (Å²) in [5, 5.41) is 11.6. The molecule has 4 aromatic rings. The Morgan fingerprint density at radius 2 is 2.13 bits per heavy atom. The Morgan fingerprint density at radius 1 is 1.30 bits per heavy atom. The number of nitrogens with zero attached hydrogens (tertiary/aromatic N) is 3. The van der Waals surface area contributed by atoms with E-state index in [1.165, 1.54) is 28.4 Å². The maximum absolute atomic E-state index is 13.2. The number of pyridine rings is 2. The van der Waals surface area contributed by atoms with Crippen LogP contribution in [0.25, 0.3) is 16.7 Å². The molecule has 0 aliphatic heterocycles. The molecule has 2 N–H and O–H groups in total. The monoisotopic (exact) mass is 407 g/mol. The Balaban J connectivity index is 2.00. The highest BCUT2D eigenvalue weighted by molar-refractivity contribution is 5.96. The van der Waals surface area contributed by atoms with Gasteiger partial charge in [-0.05, 0) is 36.8 Å². The first-order valence-corrected chi connectivity index (χ1v) is 9.41. The van der Waals surface area contributed by atoms with Gasteiger partial charge in [0.2, 0.25) is 0 Å². The third-order valence-electron chi connectivity index (χ3n) is 4.86. The number of carbonyl (C=O) groups is 1. The number of aryl methyl sites for hydroxylation is 1. The Hall–Kier alpha value is -3.72. The van der Waals surface area contributed by atoms with Crippen molar-refractivity contribution in [3.8, 4) is 0 Å². The van der Waals surface area contributed by atoms with Crippen LogP contribution in [0.5, 0.6) is 0 Å². The van der Waals surface area contributed by atoms with Gasteiger partial charge in [0.15, 0.2) is 0 Å². The van der Waals surface area contributed by atoms with Crippen molar-refractivity contribution in [2.45, 2.75) is 13.5 Å². The summed E-state index contributed by atoms with van der Waals surface area (Å²) < 4.78 is 13.4. The van der Waals surface area contributed by atoms with Gasteiger partial charge in [0.05, 0.1) is 30.4 Å². The molecule has 0 radical (unpaired) electrons. The van der Waals surface area contributed by atoms with Crippen molar-refractivity contribution in [2.75, 3.05) is 20.3 Å². The number of rotatable bonds is 6. The van der Waals surface area contributed by atoms with Gasteiger partial charge in [-0.3, -0.25) is 19.4 Å². The molecule has 0 saturated carbocycles. The van der Waals surface area contributed by atoms with Gasteiger partial charge < -0.3 is 19.0 Å². The van der Waals surface area contributed by atoms with Crippen LogP contribution in [0.2, 0.25) is 0 Å². The summed E-state index contributed by atoms with van der Waals surface area (Å²) in [4.78, 5) is 30.6. The van der Waals surface area contributed by atoms with Gasteiger partial charge in [-0.15, -0.1) is 0 Å². The number of fused-ring (bicyclic) bond motifs is 2. The van der Waals surface area contributed by atoms with Crippen LogP contribution in [-0.2, 0) is 11.3 Å². The highest BCUT2D eigenvalue weighted by atomic mass is 16.5. The lowest BCUT2D eigenvalue weighted by atomic mass is 10.2. The fraction of sp³-hybridized carbons (Fsp3) is 0.238. The minimum atomic E-state index is -0.458. The van der Waals surface area contributed by atoms with E-state index in [-0.39, 0.29) is 28.5 Å². The first-order valence-electron chi connectivity index (χ1n) is 9.41. The molecule has 30 heavy (non-hydrogen) atoms. The van der Waals surface area contributed by atoms with Crippen LogP contribution < -0.4 is 16.4 Å². The molecule has 0 spiro atoms. The lowest BCUT2D eigenvalue weighted by Gasteiger charge is -2.14. The highest BCUT2D eigenvalue weighted by Crippen LogP contribution is 2.14. The van der Waals surface area contributed by atoms with Crippen molar-refractivity contribution in [2.24, 2.45) is 0 Å². The van der Waals surface area contributed by atoms with Gasteiger partial charge in [-0.25, -0.2) is 4.98 Å². The Morgan fingerprint density at radius 3 is 2.87 bits per heavy atom. The van der Waals surface area contributed by atoms with E-state index in [0.29, 0.717) is 30.2 Å². The Bertz CT molecular complexity index is 1350. The predicted octanol–water partition coefficient (Wildman–Crippen LogP) is 1.45. The summed E-state index contributed by atoms with van der Waals surface area (Å²) in [5.41, 5.74) is 1.37. The molecule has 0 bridgehead atoms. The van der Waals surface area contributed by atoms with Gasteiger partial charge in [-0.1, -0.05) is 6.07 Å². The van der Waals surface area contributed by atoms with Gasteiger partial charge in [0.25, 0.3) is 11.5 Å². The summed E-state index contributed by atoms with van der Waals surface area (Å²) in [6, 6.07) is 8.57. The van der Waals surface area contributed by atoms with Crippen molar-refractivity contribution >= 4 is 22.6 Å². The molecule has 0 fully saturated rings. The molecule has 0 aliphatic rings. The van der Waals surface area contributed by atoms with Crippen molar-refractivity contribution in [3.05, 3.63) is 75.5 Å². The Labute approximate surface area is 171 Å². The molecule has 4 aromatic heterocycles. The number of hydrogen-bond acceptors (Lipinski definition) is 6. The number of amides is 1. The molecule has 4 rings (SSSR count). The highest BCUT2D eigenvalue weighted by Gasteiger charge is 2.18. The van der Waals surface area contributed by atoms with Crippen LogP contribution in [0.4, 0.5) is 0 Å². The van der Waals surface area contributed by atoms with E-state index in [1.54, 1.807) is 24.4 Å². The van der Waals surface area contributed by atoms with Crippen molar-refractivity contribution in [3.63, 3.8) is 0 Å². The maximum atomic E-state index is 13.2. The second kappa shape index (κ2) is 7.96. The van der Waals surface area contributed by atoms with Crippen LogP contribution in [0.1, 0.15) is 21.7 Å². The summed E-state index contributed by atoms with van der Waals surface area (Å²) in [7, 11) is 1.54. The number of carbonyl (C=O) groups excluding carboxylic acids is 1. The zero-order valence-corrected chi connectivity index (χ0v) is 16.6. The second-order valence-electron chi connectivity index (χ2n) is 6.86. The minimum absolute atomic E-state index is 0.0568. The molecule has 1 amide bonds. The number of aromatic nitrogens is 3. The molecule has 0 atom stereocenters. The van der Waals surface area contributed by atoms with Gasteiger partial charge in [0.1, 0.15) is 22.5 Å². The molecule has 9 nitrogen and oxygen atoms in total. The number of ether oxygens (including phenoxy) is 1. The molecular weight excluding hydrogens is 386 g/mol. The topological polar surface area (TPSA) is 115 Å². The van der Waals surface area contributed by atoms with E-state index in [4.69, 9.17) is 14.6 Å². The first kappa shape index (κ1) is 19.6. The van der Waals surface area contributed by atoms with E-state index in [2.05, 4.69) is 10.3 Å². The van der Waals surface area contributed by atoms with E-state index in [9.17, 15) is 9.59 Å². The second-order valence-corrected chi connectivity index (χ2v) is 6.86. The molecule has 0 saturated heterocycles. The summed E-state index contributed by atoms with van der Waals surface area (Å²) in [5.74, 6) is 0.124. The van der Waals surface area contributed by atoms with Gasteiger partial charge in [-0.2, -0.15) is 0 Å². The smallest absolute Gasteiger partial charge is 0.267 e. The molecular formula is C21H21N5O4. The van der Waals surface area contributed by atoms with Crippen molar-refractivity contribution in [1.82, 2.24) is 19.3 Å². The van der Waals surface area contributed by atoms with Crippen molar-refractivity contribution in [1.29, 1.82) is 5.41 Å². The summed E-state index contributed by atoms with van der Waals surface area (Å²) >= 11 is 0. The SMILES string of the molecule is COCCNC(=O)c1cc2c(=O)n3cccc(C)c3nc2n(Cc2ccco2)c1=N. The minimum Gasteiger partial charge on any atom is -0.467 e. The number of hydrogen-bond donors (Lipinski definition) is 2. The Kier molecular flexibility index (Phi) is 5.20. The zero-order valence-electron chi connectivity index (χ0n) is 16.6. The molecule has 0 aromatic carbocycles. The fourth-order valence-corrected chi connectivity index (χ4v) is 3.34. The van der Waals surface area contributed by atoms with Crippen LogP contribution in [-0.4, -0.2) is 40.1 Å². The van der Waals surface area contributed by atoms with Gasteiger partial charge >= 0.3 is 0 Å². The predicted molar refractivity (Wildman–Crippen MR) is 110 cm³/mol. The third kappa shape index (κ3) is 3.39. The van der Waals surface area contributed by atoms with E-state index >= 15 is 0 Å². The lowest BCUT2D eigenvalue weighted by Crippen LogP contribution is -2.36.